The van der Waals surface area contributed by atoms with Crippen LogP contribution in [0.15, 0.2) is 30.3 Å². The van der Waals surface area contributed by atoms with Gasteiger partial charge in [-0.1, -0.05) is 51.1 Å². The molecular weight excluding hydrogens is 410 g/mol. The molecule has 0 spiro atoms. The number of carbonyl (C=O) groups is 2. The third-order valence-corrected chi connectivity index (χ3v) is 11.7. The summed E-state index contributed by atoms with van der Waals surface area (Å²) in [7, 11) is -2.08. The molecule has 2 fully saturated rings. The van der Waals surface area contributed by atoms with Crippen LogP contribution in [0.2, 0.25) is 18.1 Å². The topological polar surface area (TPSA) is 65.1 Å². The Morgan fingerprint density at radius 1 is 1.10 bits per heavy atom. The second-order valence-electron chi connectivity index (χ2n) is 10.3. The molecule has 1 saturated carbocycles. The molecule has 172 valence electrons. The van der Waals surface area contributed by atoms with E-state index in [0.717, 1.165) is 18.4 Å². The summed E-state index contributed by atoms with van der Waals surface area (Å²) in [6, 6.07) is 9.65. The lowest BCUT2D eigenvalue weighted by atomic mass is 9.86. The summed E-state index contributed by atoms with van der Waals surface area (Å²) in [5.41, 5.74) is 0.420. The minimum absolute atomic E-state index is 0.0411. The van der Waals surface area contributed by atoms with Gasteiger partial charge >= 0.3 is 12.1 Å². The summed E-state index contributed by atoms with van der Waals surface area (Å²) in [5.74, 6) is -0.215. The average Bonchev–Trinajstić information content (AvgIpc) is 3.41. The first-order valence-electron chi connectivity index (χ1n) is 11.3. The lowest BCUT2D eigenvalue weighted by molar-refractivity contribution is -0.153. The monoisotopic (exact) mass is 447 g/mol. The lowest BCUT2D eigenvalue weighted by Crippen LogP contribution is -2.48. The van der Waals surface area contributed by atoms with Gasteiger partial charge in [0, 0.05) is 19.0 Å². The molecule has 0 bridgehead atoms. The summed E-state index contributed by atoms with van der Waals surface area (Å²) in [6.45, 7) is 14.4. The number of hydrogen-bond donors (Lipinski definition) is 0. The summed E-state index contributed by atoms with van der Waals surface area (Å²) in [6.07, 6.45) is 1.05. The van der Waals surface area contributed by atoms with Crippen LogP contribution in [0.4, 0.5) is 4.79 Å². The molecule has 1 amide bonds. The SMILES string of the molecule is CCOC(=O)C1(C2CN(C(=O)OCc3ccccc3)CC2O[Si](C)(C)C(C)(C)C)CC1. The highest BCUT2D eigenvalue weighted by atomic mass is 28.4. The second kappa shape index (κ2) is 8.94. The van der Waals surface area contributed by atoms with Crippen LogP contribution in [0, 0.1) is 11.3 Å². The van der Waals surface area contributed by atoms with Crippen LogP contribution < -0.4 is 0 Å². The first-order valence-corrected chi connectivity index (χ1v) is 14.2. The smallest absolute Gasteiger partial charge is 0.410 e. The minimum atomic E-state index is -2.08. The van der Waals surface area contributed by atoms with E-state index in [1.165, 1.54) is 0 Å². The van der Waals surface area contributed by atoms with Crippen LogP contribution in [-0.4, -0.2) is 51.1 Å². The molecule has 1 aromatic rings. The molecule has 1 aliphatic carbocycles. The van der Waals surface area contributed by atoms with E-state index in [4.69, 9.17) is 13.9 Å². The molecule has 0 radical (unpaired) electrons. The predicted molar refractivity (Wildman–Crippen MR) is 122 cm³/mol. The molecule has 6 nitrogen and oxygen atoms in total. The van der Waals surface area contributed by atoms with E-state index in [1.807, 2.05) is 37.3 Å². The Labute approximate surface area is 187 Å². The van der Waals surface area contributed by atoms with E-state index in [2.05, 4.69) is 33.9 Å². The highest BCUT2D eigenvalue weighted by Gasteiger charge is 2.62. The maximum Gasteiger partial charge on any atom is 0.410 e. The van der Waals surface area contributed by atoms with E-state index < -0.39 is 13.7 Å². The maximum absolute atomic E-state index is 12.9. The Kier molecular flexibility index (Phi) is 6.86. The zero-order valence-electron chi connectivity index (χ0n) is 19.8. The molecule has 1 aromatic carbocycles. The number of esters is 1. The molecule has 3 rings (SSSR count). The van der Waals surface area contributed by atoms with E-state index in [-0.39, 0.29) is 35.7 Å². The fourth-order valence-corrected chi connectivity index (χ4v) is 5.42. The van der Waals surface area contributed by atoms with Crippen LogP contribution in [0.25, 0.3) is 0 Å². The Hall–Kier alpha value is -1.86. The zero-order chi connectivity index (χ0) is 22.9. The number of rotatable bonds is 7. The van der Waals surface area contributed by atoms with Crippen molar-refractivity contribution in [2.45, 2.75) is 71.4 Å². The Bertz CT molecular complexity index is 785. The Balaban J connectivity index is 1.75. The predicted octanol–water partition coefficient (Wildman–Crippen LogP) is 4.99. The van der Waals surface area contributed by atoms with Crippen molar-refractivity contribution in [1.82, 2.24) is 4.90 Å². The van der Waals surface area contributed by atoms with E-state index in [1.54, 1.807) is 4.90 Å². The van der Waals surface area contributed by atoms with Crippen molar-refractivity contribution in [2.24, 2.45) is 11.3 Å². The molecule has 31 heavy (non-hydrogen) atoms. The number of hydrogen-bond acceptors (Lipinski definition) is 5. The van der Waals surface area contributed by atoms with E-state index in [9.17, 15) is 9.59 Å². The van der Waals surface area contributed by atoms with Gasteiger partial charge in [-0.2, -0.15) is 0 Å². The molecule has 1 saturated heterocycles. The number of carbonyl (C=O) groups excluding carboxylic acids is 2. The van der Waals surface area contributed by atoms with Gasteiger partial charge < -0.3 is 18.8 Å². The molecule has 2 unspecified atom stereocenters. The second-order valence-corrected chi connectivity index (χ2v) is 15.1. The highest BCUT2D eigenvalue weighted by molar-refractivity contribution is 6.74. The molecule has 2 aliphatic rings. The minimum Gasteiger partial charge on any atom is -0.466 e. The third kappa shape index (κ3) is 5.14. The molecule has 0 N–H and O–H groups in total. The van der Waals surface area contributed by atoms with Crippen molar-refractivity contribution in [2.75, 3.05) is 19.7 Å². The van der Waals surface area contributed by atoms with Gasteiger partial charge in [-0.3, -0.25) is 4.79 Å². The zero-order valence-corrected chi connectivity index (χ0v) is 20.8. The van der Waals surface area contributed by atoms with Crippen LogP contribution in [0.5, 0.6) is 0 Å². The van der Waals surface area contributed by atoms with E-state index >= 15 is 0 Å². The summed E-state index contributed by atoms with van der Waals surface area (Å²) < 4.78 is 17.7. The number of nitrogens with zero attached hydrogens (tertiary/aromatic N) is 1. The number of ether oxygens (including phenoxy) is 2. The van der Waals surface area contributed by atoms with Crippen LogP contribution in [0.1, 0.15) is 46.1 Å². The van der Waals surface area contributed by atoms with Gasteiger partial charge in [0.15, 0.2) is 8.32 Å². The normalized spacial score (nSPS) is 22.8. The van der Waals surface area contributed by atoms with Gasteiger partial charge in [-0.15, -0.1) is 0 Å². The fraction of sp³-hybridized carbons (Fsp3) is 0.667. The molecular formula is C24H37NO5Si. The van der Waals surface area contributed by atoms with Gasteiger partial charge in [0.1, 0.15) is 6.61 Å². The van der Waals surface area contributed by atoms with Crippen LogP contribution >= 0.6 is 0 Å². The average molecular weight is 448 g/mol. The van der Waals surface area contributed by atoms with Gasteiger partial charge in [0.2, 0.25) is 0 Å². The number of amides is 1. The largest absolute Gasteiger partial charge is 0.466 e. The van der Waals surface area contributed by atoms with Crippen molar-refractivity contribution < 1.29 is 23.5 Å². The van der Waals surface area contributed by atoms with Crippen molar-refractivity contribution in [3.8, 4) is 0 Å². The van der Waals surface area contributed by atoms with Crippen molar-refractivity contribution >= 4 is 20.4 Å². The summed E-state index contributed by atoms with van der Waals surface area (Å²) >= 11 is 0. The lowest BCUT2D eigenvalue weighted by Gasteiger charge is -2.40. The Morgan fingerprint density at radius 2 is 1.74 bits per heavy atom. The fourth-order valence-electron chi connectivity index (χ4n) is 4.07. The van der Waals surface area contributed by atoms with Crippen molar-refractivity contribution in [3.63, 3.8) is 0 Å². The quantitative estimate of drug-likeness (QED) is 0.435. The molecule has 1 aliphatic heterocycles. The molecule has 1 heterocycles. The molecule has 2 atom stereocenters. The van der Waals surface area contributed by atoms with Gasteiger partial charge in [0.25, 0.3) is 0 Å². The van der Waals surface area contributed by atoms with Crippen LogP contribution in [-0.2, 0) is 25.3 Å². The van der Waals surface area contributed by atoms with E-state index in [0.29, 0.717) is 19.7 Å². The maximum atomic E-state index is 12.9. The molecule has 7 heteroatoms. The van der Waals surface area contributed by atoms with Gasteiger partial charge in [-0.05, 0) is 43.5 Å². The number of likely N-dealkylation sites (tertiary alicyclic amines) is 1. The molecule has 0 aromatic heterocycles. The van der Waals surface area contributed by atoms with Crippen molar-refractivity contribution in [3.05, 3.63) is 35.9 Å². The van der Waals surface area contributed by atoms with Crippen molar-refractivity contribution in [1.29, 1.82) is 0 Å². The summed E-state index contributed by atoms with van der Waals surface area (Å²) in [4.78, 5) is 27.4. The van der Waals surface area contributed by atoms with Crippen LogP contribution in [0.3, 0.4) is 0 Å². The first-order chi connectivity index (χ1) is 14.5. The highest BCUT2D eigenvalue weighted by Crippen LogP contribution is 2.57. The third-order valence-electron chi connectivity index (χ3n) is 7.16. The first kappa shape index (κ1) is 23.8. The summed E-state index contributed by atoms with van der Waals surface area (Å²) in [5, 5.41) is 0.0411. The standard InChI is InChI=1S/C24H37NO5Si/c1-7-28-21(26)24(13-14-24)19-15-25(16-20(19)30-31(5,6)23(2,3)4)22(27)29-17-18-11-9-8-10-12-18/h8-12,19-20H,7,13-17H2,1-6H3. The number of benzene rings is 1. The van der Waals surface area contributed by atoms with Gasteiger partial charge in [-0.25, -0.2) is 4.79 Å². The Morgan fingerprint density at radius 3 is 2.29 bits per heavy atom. The van der Waals surface area contributed by atoms with Gasteiger partial charge in [0.05, 0.1) is 18.1 Å².